The Labute approximate surface area is 218 Å². The maximum atomic E-state index is 4.96. The Balaban J connectivity index is 1.42. The van der Waals surface area contributed by atoms with Crippen LogP contribution in [-0.2, 0) is 6.54 Å². The lowest BCUT2D eigenvalue weighted by Crippen LogP contribution is -2.22. The third-order valence-electron chi connectivity index (χ3n) is 6.85. The Hall–Kier alpha value is -2.84. The highest BCUT2D eigenvalue weighted by atomic mass is 32.2. The summed E-state index contributed by atoms with van der Waals surface area (Å²) in [5.41, 5.74) is 12.4. The maximum Gasteiger partial charge on any atom is 0.170 e. The molecule has 2 saturated carbocycles. The molecule has 8 heteroatoms. The minimum absolute atomic E-state index is 0.454. The number of hydrogen-bond acceptors (Lipinski definition) is 8. The summed E-state index contributed by atoms with van der Waals surface area (Å²) in [5, 5.41) is 0. The summed E-state index contributed by atoms with van der Waals surface area (Å²) >= 11 is 1.85. The minimum atomic E-state index is 0.454. The van der Waals surface area contributed by atoms with E-state index in [1.807, 2.05) is 25.6 Å². The third kappa shape index (κ3) is 5.93. The summed E-state index contributed by atoms with van der Waals surface area (Å²) in [6, 6.07) is 8.66. The number of benzene rings is 1. The van der Waals surface area contributed by atoms with Crippen molar-refractivity contribution in [3.05, 3.63) is 53.2 Å². The molecule has 0 radical (unpaired) electrons. The molecule has 1 atom stereocenters. The molecule has 3 aromatic rings. The predicted molar refractivity (Wildman–Crippen MR) is 148 cm³/mol. The molecule has 188 valence electrons. The lowest BCUT2D eigenvalue weighted by atomic mass is 10.1. The van der Waals surface area contributed by atoms with Crippen molar-refractivity contribution in [3.63, 3.8) is 0 Å². The first-order chi connectivity index (χ1) is 17.5. The van der Waals surface area contributed by atoms with Crippen molar-refractivity contribution >= 4 is 29.5 Å². The summed E-state index contributed by atoms with van der Waals surface area (Å²) < 4.78 is 0. The van der Waals surface area contributed by atoms with Gasteiger partial charge in [-0.05, 0) is 74.8 Å². The van der Waals surface area contributed by atoms with Gasteiger partial charge >= 0.3 is 0 Å². The predicted octanol–water partition coefficient (Wildman–Crippen LogP) is 6.40. The summed E-state index contributed by atoms with van der Waals surface area (Å²) in [6.45, 7) is 9.09. The number of aromatic nitrogens is 4. The van der Waals surface area contributed by atoms with Crippen LogP contribution in [-0.4, -0.2) is 31.9 Å². The van der Waals surface area contributed by atoms with Gasteiger partial charge in [-0.2, -0.15) is 0 Å². The number of aliphatic imine (C=N–C) groups is 1. The molecule has 1 unspecified atom stereocenters. The molecular formula is C28H35N7S. The third-order valence-corrected chi connectivity index (χ3v) is 7.74. The monoisotopic (exact) mass is 501 g/mol. The summed E-state index contributed by atoms with van der Waals surface area (Å²) in [7, 11) is 0. The average molecular weight is 502 g/mol. The zero-order valence-corrected chi connectivity index (χ0v) is 22.4. The van der Waals surface area contributed by atoms with E-state index in [1.54, 1.807) is 6.33 Å². The number of nitrogens with zero attached hydrogens (tertiary/aromatic N) is 5. The van der Waals surface area contributed by atoms with Crippen molar-refractivity contribution < 1.29 is 0 Å². The number of aryl methyl sites for hydroxylation is 2. The molecule has 2 heterocycles. The van der Waals surface area contributed by atoms with Gasteiger partial charge in [-0.3, -0.25) is 4.99 Å². The SMILES string of the molecule is CCSc1ccc(CNNc2nc(-c3c(C)ncnc3C3CC3)nc(C)c2N=CC(C)C2CC2)cc1. The Kier molecular flexibility index (Phi) is 7.62. The number of nitrogens with one attached hydrogen (secondary N) is 2. The minimum Gasteiger partial charge on any atom is -0.304 e. The second-order valence-electron chi connectivity index (χ2n) is 9.85. The topological polar surface area (TPSA) is 88.0 Å². The zero-order valence-electron chi connectivity index (χ0n) is 21.6. The number of rotatable bonds is 11. The molecule has 0 bridgehead atoms. The standard InChI is InChI=1S/C28H35N7S/c1-5-36-23-12-6-20(7-13-23)15-32-35-28-25(29-14-17(2)21-8-9-21)19(4)33-27(34-28)24-18(3)30-16-31-26(24)22-10-11-22/h6-7,12-14,16-17,21-22,32H,5,8-11,15H2,1-4H3,(H,33,34,35). The van der Waals surface area contributed by atoms with E-state index in [0.717, 1.165) is 52.8 Å². The van der Waals surface area contributed by atoms with Crippen molar-refractivity contribution in [2.75, 3.05) is 11.2 Å². The van der Waals surface area contributed by atoms with Crippen molar-refractivity contribution in [1.82, 2.24) is 25.4 Å². The smallest absolute Gasteiger partial charge is 0.170 e. The molecule has 0 saturated heterocycles. The highest BCUT2D eigenvalue weighted by Gasteiger charge is 2.31. The molecule has 36 heavy (non-hydrogen) atoms. The largest absolute Gasteiger partial charge is 0.304 e. The highest BCUT2D eigenvalue weighted by molar-refractivity contribution is 7.99. The molecule has 0 amide bonds. The van der Waals surface area contributed by atoms with Crippen molar-refractivity contribution in [1.29, 1.82) is 0 Å². The van der Waals surface area contributed by atoms with E-state index < -0.39 is 0 Å². The Morgan fingerprint density at radius 2 is 1.83 bits per heavy atom. The Bertz CT molecular complexity index is 1230. The maximum absolute atomic E-state index is 4.96. The van der Waals surface area contributed by atoms with E-state index in [0.29, 0.717) is 30.0 Å². The van der Waals surface area contributed by atoms with Gasteiger partial charge in [-0.15, -0.1) is 11.8 Å². The van der Waals surface area contributed by atoms with Crippen LogP contribution >= 0.6 is 11.8 Å². The van der Waals surface area contributed by atoms with E-state index in [9.17, 15) is 0 Å². The first-order valence-electron chi connectivity index (χ1n) is 13.0. The van der Waals surface area contributed by atoms with E-state index in [2.05, 4.69) is 65.1 Å². The van der Waals surface area contributed by atoms with Gasteiger partial charge in [-0.25, -0.2) is 25.4 Å². The number of thioether (sulfide) groups is 1. The molecule has 2 aromatic heterocycles. The van der Waals surface area contributed by atoms with Crippen molar-refractivity contribution in [2.45, 2.75) is 70.7 Å². The quantitative estimate of drug-likeness (QED) is 0.178. The average Bonchev–Trinajstić information content (AvgIpc) is 3.77. The zero-order chi connectivity index (χ0) is 25.1. The fourth-order valence-corrected chi connectivity index (χ4v) is 5.05. The molecular weight excluding hydrogens is 466 g/mol. The van der Waals surface area contributed by atoms with Crippen LogP contribution < -0.4 is 10.9 Å². The fourth-order valence-electron chi connectivity index (χ4n) is 4.39. The number of hydrazine groups is 1. The second-order valence-corrected chi connectivity index (χ2v) is 11.2. The molecule has 2 aliphatic rings. The normalized spacial score (nSPS) is 16.4. The Morgan fingerprint density at radius 3 is 2.53 bits per heavy atom. The van der Waals surface area contributed by atoms with Gasteiger partial charge in [0, 0.05) is 23.6 Å². The second kappa shape index (κ2) is 11.0. The number of anilines is 1. The summed E-state index contributed by atoms with van der Waals surface area (Å²) in [6.07, 6.45) is 8.62. The highest BCUT2D eigenvalue weighted by Crippen LogP contribution is 2.44. The molecule has 2 fully saturated rings. The van der Waals surface area contributed by atoms with Gasteiger partial charge in [0.25, 0.3) is 0 Å². The van der Waals surface area contributed by atoms with Crippen molar-refractivity contribution in [3.8, 4) is 11.4 Å². The van der Waals surface area contributed by atoms with Crippen LogP contribution in [0.1, 0.15) is 68.1 Å². The van der Waals surface area contributed by atoms with Gasteiger partial charge in [0.15, 0.2) is 11.6 Å². The lowest BCUT2D eigenvalue weighted by Gasteiger charge is -2.16. The summed E-state index contributed by atoms with van der Waals surface area (Å²) in [4.78, 5) is 25.1. The first-order valence-corrected chi connectivity index (χ1v) is 14.0. The van der Waals surface area contributed by atoms with Crippen LogP contribution in [0.4, 0.5) is 11.5 Å². The van der Waals surface area contributed by atoms with Crippen LogP contribution in [0.15, 0.2) is 40.5 Å². The van der Waals surface area contributed by atoms with E-state index in [4.69, 9.17) is 15.0 Å². The van der Waals surface area contributed by atoms with E-state index in [1.165, 1.54) is 23.3 Å². The van der Waals surface area contributed by atoms with Gasteiger partial charge in [0.1, 0.15) is 12.0 Å². The van der Waals surface area contributed by atoms with Gasteiger partial charge < -0.3 is 5.43 Å². The molecule has 2 N–H and O–H groups in total. The van der Waals surface area contributed by atoms with Gasteiger partial charge in [-0.1, -0.05) is 26.0 Å². The lowest BCUT2D eigenvalue weighted by molar-refractivity contribution is 0.679. The van der Waals surface area contributed by atoms with Gasteiger partial charge in [0.05, 0.1) is 22.6 Å². The molecule has 0 aliphatic heterocycles. The van der Waals surface area contributed by atoms with Crippen LogP contribution in [0, 0.1) is 25.7 Å². The van der Waals surface area contributed by atoms with E-state index in [-0.39, 0.29) is 0 Å². The number of hydrogen-bond donors (Lipinski definition) is 2. The van der Waals surface area contributed by atoms with E-state index >= 15 is 0 Å². The van der Waals surface area contributed by atoms with Crippen LogP contribution in [0.25, 0.3) is 11.4 Å². The molecule has 2 aliphatic carbocycles. The van der Waals surface area contributed by atoms with Crippen LogP contribution in [0.3, 0.4) is 0 Å². The van der Waals surface area contributed by atoms with Crippen LogP contribution in [0.2, 0.25) is 0 Å². The Morgan fingerprint density at radius 1 is 1.06 bits per heavy atom. The fraction of sp³-hybridized carbons (Fsp3) is 0.464. The summed E-state index contributed by atoms with van der Waals surface area (Å²) in [5.74, 6) is 4.10. The van der Waals surface area contributed by atoms with Crippen LogP contribution in [0.5, 0.6) is 0 Å². The molecule has 0 spiro atoms. The van der Waals surface area contributed by atoms with Crippen molar-refractivity contribution in [2.24, 2.45) is 16.8 Å². The molecule has 7 nitrogen and oxygen atoms in total. The molecule has 1 aromatic carbocycles. The molecule has 5 rings (SSSR count). The van der Waals surface area contributed by atoms with Gasteiger partial charge in [0.2, 0.25) is 0 Å². The first kappa shape index (κ1) is 24.8.